The van der Waals surface area contributed by atoms with Crippen LogP contribution in [0.5, 0.6) is 0 Å². The van der Waals surface area contributed by atoms with Gasteiger partial charge in [-0.3, -0.25) is 9.59 Å². The molecule has 0 unspecified atom stereocenters. The Morgan fingerprint density at radius 1 is 0.938 bits per heavy atom. The molecule has 2 amide bonds. The fourth-order valence-electron chi connectivity index (χ4n) is 1.12. The Morgan fingerprint density at radius 2 is 1.25 bits per heavy atom. The van der Waals surface area contributed by atoms with Crippen molar-refractivity contribution in [1.82, 2.24) is 0 Å². The molecule has 0 atom stereocenters. The summed E-state index contributed by atoms with van der Waals surface area (Å²) in [6.45, 7) is 2.73. The Bertz CT molecular complexity index is 405. The molecule has 86 valence electrons. The minimum absolute atomic E-state index is 0.245. The molecule has 0 aliphatic heterocycles. The van der Waals surface area contributed by atoms with E-state index in [1.54, 1.807) is 0 Å². The van der Waals surface area contributed by atoms with E-state index in [-0.39, 0.29) is 11.8 Å². The number of carbonyl (C=O) groups excluding carboxylic acids is 2. The lowest BCUT2D eigenvalue weighted by atomic mass is 10.2. The summed E-state index contributed by atoms with van der Waals surface area (Å²) in [5.74, 6) is -0.490. The molecule has 1 aromatic carbocycles. The number of rotatable bonds is 2. The second-order valence-electron chi connectivity index (χ2n) is 3.17. The maximum absolute atomic E-state index is 10.9. The highest BCUT2D eigenvalue weighted by atomic mass is 35.5. The Morgan fingerprint density at radius 3 is 1.50 bits per heavy atom. The number of benzene rings is 1. The summed E-state index contributed by atoms with van der Waals surface area (Å²) in [6.07, 6.45) is 0. The van der Waals surface area contributed by atoms with E-state index in [9.17, 15) is 9.59 Å². The molecular weight excluding hydrogens is 251 g/mol. The normalized spacial score (nSPS) is 9.75. The number of anilines is 2. The fourth-order valence-corrected chi connectivity index (χ4v) is 1.54. The van der Waals surface area contributed by atoms with Gasteiger partial charge in [0, 0.05) is 13.8 Å². The van der Waals surface area contributed by atoms with Crippen molar-refractivity contribution in [1.29, 1.82) is 0 Å². The Labute approximate surface area is 103 Å². The molecule has 1 aromatic rings. The minimum atomic E-state index is -0.245. The van der Waals surface area contributed by atoms with Gasteiger partial charge in [-0.15, -0.1) is 0 Å². The first-order chi connectivity index (χ1) is 7.40. The van der Waals surface area contributed by atoms with Crippen molar-refractivity contribution in [2.75, 3.05) is 10.6 Å². The predicted octanol–water partition coefficient (Wildman–Crippen LogP) is 2.91. The zero-order valence-electron chi connectivity index (χ0n) is 8.73. The second-order valence-corrected chi connectivity index (χ2v) is 3.99. The third-order valence-electron chi connectivity index (χ3n) is 1.68. The molecule has 0 radical (unpaired) electrons. The summed E-state index contributed by atoms with van der Waals surface area (Å²) in [5.41, 5.74) is 0.821. The lowest BCUT2D eigenvalue weighted by Crippen LogP contribution is -2.09. The number of hydrogen-bond acceptors (Lipinski definition) is 2. The molecule has 0 heterocycles. The van der Waals surface area contributed by atoms with E-state index in [4.69, 9.17) is 23.2 Å². The molecular formula is C10H10Cl2N2O2. The summed E-state index contributed by atoms with van der Waals surface area (Å²) in [4.78, 5) is 21.7. The molecule has 6 heteroatoms. The van der Waals surface area contributed by atoms with Gasteiger partial charge in [-0.25, -0.2) is 0 Å². The van der Waals surface area contributed by atoms with Gasteiger partial charge >= 0.3 is 0 Å². The van der Waals surface area contributed by atoms with Crippen molar-refractivity contribution in [3.05, 3.63) is 22.2 Å². The summed E-state index contributed by atoms with van der Waals surface area (Å²) in [5, 5.41) is 5.67. The monoisotopic (exact) mass is 260 g/mol. The van der Waals surface area contributed by atoms with Gasteiger partial charge in [0.25, 0.3) is 0 Å². The Balaban J connectivity index is 3.06. The van der Waals surface area contributed by atoms with Crippen LogP contribution < -0.4 is 10.6 Å². The topological polar surface area (TPSA) is 58.2 Å². The van der Waals surface area contributed by atoms with E-state index >= 15 is 0 Å². The molecule has 2 N–H and O–H groups in total. The van der Waals surface area contributed by atoms with Gasteiger partial charge in [0.1, 0.15) is 0 Å². The van der Waals surface area contributed by atoms with Crippen LogP contribution in [0.2, 0.25) is 10.0 Å². The van der Waals surface area contributed by atoms with Crippen LogP contribution in [-0.4, -0.2) is 11.8 Å². The molecule has 0 bridgehead atoms. The van der Waals surface area contributed by atoms with Crippen LogP contribution in [0.25, 0.3) is 0 Å². The molecule has 0 fully saturated rings. The Hall–Kier alpha value is -1.26. The largest absolute Gasteiger partial charge is 0.325 e. The second kappa shape index (κ2) is 5.18. The molecule has 0 saturated carbocycles. The van der Waals surface area contributed by atoms with Crippen molar-refractivity contribution in [3.63, 3.8) is 0 Å². The van der Waals surface area contributed by atoms with Crippen molar-refractivity contribution < 1.29 is 9.59 Å². The van der Waals surface area contributed by atoms with Gasteiger partial charge in [-0.05, 0) is 12.1 Å². The minimum Gasteiger partial charge on any atom is -0.325 e. The van der Waals surface area contributed by atoms with Crippen LogP contribution in [0, 0.1) is 0 Å². The molecule has 16 heavy (non-hydrogen) atoms. The van der Waals surface area contributed by atoms with E-state index in [1.807, 2.05) is 0 Å². The van der Waals surface area contributed by atoms with E-state index in [1.165, 1.54) is 26.0 Å². The van der Waals surface area contributed by atoms with Gasteiger partial charge in [-0.1, -0.05) is 23.2 Å². The van der Waals surface area contributed by atoms with E-state index in [2.05, 4.69) is 10.6 Å². The van der Waals surface area contributed by atoms with Crippen LogP contribution in [0.1, 0.15) is 13.8 Å². The first-order valence-electron chi connectivity index (χ1n) is 4.44. The van der Waals surface area contributed by atoms with Gasteiger partial charge in [0.15, 0.2) is 0 Å². The van der Waals surface area contributed by atoms with Crippen LogP contribution in [-0.2, 0) is 9.59 Å². The van der Waals surface area contributed by atoms with Crippen molar-refractivity contribution in [2.24, 2.45) is 0 Å². The SMILES string of the molecule is CC(=O)Nc1cc(Cl)c(NC(C)=O)cc1Cl. The highest BCUT2D eigenvalue weighted by molar-refractivity contribution is 6.37. The third kappa shape index (κ3) is 3.40. The lowest BCUT2D eigenvalue weighted by Gasteiger charge is -2.10. The summed E-state index contributed by atoms with van der Waals surface area (Å²) in [6, 6.07) is 2.97. The maximum atomic E-state index is 10.9. The number of carbonyl (C=O) groups is 2. The summed E-state index contributed by atoms with van der Waals surface area (Å²) < 4.78 is 0. The predicted molar refractivity (Wildman–Crippen MR) is 65.1 cm³/mol. The summed E-state index contributed by atoms with van der Waals surface area (Å²) in [7, 11) is 0. The van der Waals surface area contributed by atoms with Crippen LogP contribution in [0.4, 0.5) is 11.4 Å². The molecule has 1 rings (SSSR count). The quantitative estimate of drug-likeness (QED) is 0.859. The first-order valence-corrected chi connectivity index (χ1v) is 5.20. The number of amides is 2. The zero-order valence-corrected chi connectivity index (χ0v) is 10.2. The third-order valence-corrected chi connectivity index (χ3v) is 2.30. The standard InChI is InChI=1S/C10H10Cl2N2O2/c1-5(15)13-9-3-8(12)10(4-7(9)11)14-6(2)16/h3-4H,1-2H3,(H,13,15)(H,14,16). The fraction of sp³-hybridized carbons (Fsp3) is 0.200. The van der Waals surface area contributed by atoms with Gasteiger partial charge in [0.2, 0.25) is 11.8 Å². The van der Waals surface area contributed by atoms with Crippen molar-refractivity contribution in [2.45, 2.75) is 13.8 Å². The highest BCUT2D eigenvalue weighted by Crippen LogP contribution is 2.32. The van der Waals surface area contributed by atoms with Gasteiger partial charge in [-0.2, -0.15) is 0 Å². The van der Waals surface area contributed by atoms with Crippen LogP contribution in [0.15, 0.2) is 12.1 Å². The average molecular weight is 261 g/mol. The van der Waals surface area contributed by atoms with E-state index in [0.29, 0.717) is 21.4 Å². The van der Waals surface area contributed by atoms with Crippen molar-refractivity contribution >= 4 is 46.4 Å². The lowest BCUT2D eigenvalue weighted by molar-refractivity contribution is -0.115. The van der Waals surface area contributed by atoms with Crippen molar-refractivity contribution in [3.8, 4) is 0 Å². The number of hydrogen-bond donors (Lipinski definition) is 2. The molecule has 0 aromatic heterocycles. The summed E-state index contributed by atoms with van der Waals surface area (Å²) >= 11 is 11.8. The maximum Gasteiger partial charge on any atom is 0.221 e. The Kier molecular flexibility index (Phi) is 4.15. The molecule has 4 nitrogen and oxygen atoms in total. The zero-order chi connectivity index (χ0) is 12.3. The molecule has 0 spiro atoms. The number of halogens is 2. The number of nitrogens with one attached hydrogen (secondary N) is 2. The highest BCUT2D eigenvalue weighted by Gasteiger charge is 2.09. The molecule has 0 aliphatic carbocycles. The van der Waals surface area contributed by atoms with E-state index in [0.717, 1.165) is 0 Å². The average Bonchev–Trinajstić information content (AvgIpc) is 2.11. The molecule has 0 aliphatic rings. The van der Waals surface area contributed by atoms with Gasteiger partial charge in [0.05, 0.1) is 21.4 Å². The van der Waals surface area contributed by atoms with Crippen LogP contribution in [0.3, 0.4) is 0 Å². The first kappa shape index (κ1) is 12.8. The van der Waals surface area contributed by atoms with Crippen LogP contribution >= 0.6 is 23.2 Å². The van der Waals surface area contributed by atoms with E-state index < -0.39 is 0 Å². The smallest absolute Gasteiger partial charge is 0.221 e. The molecule has 0 saturated heterocycles. The van der Waals surface area contributed by atoms with Gasteiger partial charge < -0.3 is 10.6 Å².